The van der Waals surface area contributed by atoms with Gasteiger partial charge < -0.3 is 9.80 Å². The summed E-state index contributed by atoms with van der Waals surface area (Å²) in [5, 5.41) is 7.44. The van der Waals surface area contributed by atoms with Gasteiger partial charge in [-0.25, -0.2) is 0 Å². The molecule has 0 atom stereocenters. The van der Waals surface area contributed by atoms with Gasteiger partial charge in [0.1, 0.15) is 0 Å². The summed E-state index contributed by atoms with van der Waals surface area (Å²) >= 11 is 0. The van der Waals surface area contributed by atoms with E-state index < -0.39 is 0 Å². The van der Waals surface area contributed by atoms with E-state index in [1.807, 2.05) is 0 Å². The smallest absolute Gasteiger partial charge is 0.0546 e. The zero-order valence-corrected chi connectivity index (χ0v) is 33.4. The van der Waals surface area contributed by atoms with Crippen LogP contribution in [0.1, 0.15) is 22.3 Å². The Hall–Kier alpha value is -7.16. The molecule has 0 aliphatic rings. The van der Waals surface area contributed by atoms with Gasteiger partial charge in [-0.3, -0.25) is 0 Å². The Kier molecular flexibility index (Phi) is 8.76. The van der Waals surface area contributed by atoms with Crippen molar-refractivity contribution >= 4 is 66.4 Å². The minimum atomic E-state index is 1.13. The van der Waals surface area contributed by atoms with Gasteiger partial charge in [-0.15, -0.1) is 0 Å². The molecule has 0 fully saturated rings. The molecule has 10 aromatic carbocycles. The van der Waals surface area contributed by atoms with Crippen LogP contribution >= 0.6 is 0 Å². The number of nitrogens with zero attached hydrogens (tertiary/aromatic N) is 2. The Balaban J connectivity index is 1.39. The fourth-order valence-corrected chi connectivity index (χ4v) is 8.96. The lowest BCUT2D eigenvalue weighted by molar-refractivity contribution is 1.27. The summed E-state index contributed by atoms with van der Waals surface area (Å²) in [6.45, 7) is 8.72. The molecule has 0 aliphatic carbocycles. The van der Waals surface area contributed by atoms with Gasteiger partial charge >= 0.3 is 0 Å². The highest BCUT2D eigenvalue weighted by molar-refractivity contribution is 6.32. The number of rotatable bonds is 8. The summed E-state index contributed by atoms with van der Waals surface area (Å²) < 4.78 is 0. The van der Waals surface area contributed by atoms with E-state index in [-0.39, 0.29) is 0 Å². The molecule has 2 nitrogen and oxygen atoms in total. The number of anilines is 6. The second-order valence-electron chi connectivity index (χ2n) is 15.7. The fraction of sp³-hybridized carbons (Fsp3) is 0.0714. The Morgan fingerprint density at radius 2 is 0.586 bits per heavy atom. The van der Waals surface area contributed by atoms with Gasteiger partial charge in [-0.05, 0) is 144 Å². The highest BCUT2D eigenvalue weighted by atomic mass is 15.1. The average Bonchev–Trinajstić information content (AvgIpc) is 3.24. The molecule has 0 bridgehead atoms. The molecule has 0 saturated heterocycles. The maximum absolute atomic E-state index is 2.46. The molecule has 0 amide bonds. The Bertz CT molecular complexity index is 2810. The van der Waals surface area contributed by atoms with Crippen molar-refractivity contribution in [2.45, 2.75) is 27.7 Å². The number of hydrogen-bond acceptors (Lipinski definition) is 2. The number of hydrogen-bond donors (Lipinski definition) is 0. The quantitative estimate of drug-likeness (QED) is 0.143. The minimum absolute atomic E-state index is 1.13. The second kappa shape index (κ2) is 14.4. The van der Waals surface area contributed by atoms with Crippen molar-refractivity contribution in [3.8, 4) is 22.3 Å². The lowest BCUT2D eigenvalue weighted by atomic mass is 9.85. The topological polar surface area (TPSA) is 6.48 Å². The molecule has 58 heavy (non-hydrogen) atoms. The first kappa shape index (κ1) is 35.3. The van der Waals surface area contributed by atoms with Crippen LogP contribution in [0.25, 0.3) is 54.6 Å². The molecule has 2 heteroatoms. The second-order valence-corrected chi connectivity index (χ2v) is 15.7. The van der Waals surface area contributed by atoms with Gasteiger partial charge in [0, 0.05) is 44.3 Å². The van der Waals surface area contributed by atoms with Crippen molar-refractivity contribution in [2.75, 3.05) is 9.80 Å². The SMILES string of the molecule is Cc1cccc(N(c2cccc(C)c2)c2cc(-c3ccccc3)c3ccc4c(N(c5cccc(C)c5)c5cccc(C)c5)cc(-c5ccccc5)c5ccc2c3c54)c1. The standard InChI is InChI=1S/C56H44N2/c1-37-15-11-23-43(31-37)57(44-24-12-16-38(2)32-44)53-35-51(41-19-7-5-8-20-41)47-28-30-50-54(58(45-25-13-17-39(3)33-45)46-26-14-18-40(4)34-46)36-52(42-21-9-6-10-22-42)48-27-29-49(53)55(47)56(48)50/h5-36H,1-4H3. The van der Waals surface area contributed by atoms with Crippen molar-refractivity contribution in [2.24, 2.45) is 0 Å². The third-order valence-electron chi connectivity index (χ3n) is 11.5. The van der Waals surface area contributed by atoms with Crippen molar-refractivity contribution in [3.63, 3.8) is 0 Å². The minimum Gasteiger partial charge on any atom is -0.310 e. The predicted molar refractivity (Wildman–Crippen MR) is 249 cm³/mol. The molecule has 0 heterocycles. The van der Waals surface area contributed by atoms with Gasteiger partial charge in [0.15, 0.2) is 0 Å². The molecule has 0 saturated carbocycles. The van der Waals surface area contributed by atoms with E-state index in [1.165, 1.54) is 76.8 Å². The zero-order valence-electron chi connectivity index (χ0n) is 33.4. The molecule has 10 aromatic rings. The van der Waals surface area contributed by atoms with E-state index in [9.17, 15) is 0 Å². The van der Waals surface area contributed by atoms with E-state index in [2.05, 4.69) is 232 Å². The summed E-state index contributed by atoms with van der Waals surface area (Å²) in [7, 11) is 0. The van der Waals surface area contributed by atoms with Gasteiger partial charge in [0.05, 0.1) is 11.4 Å². The van der Waals surface area contributed by atoms with Crippen LogP contribution in [0.5, 0.6) is 0 Å². The Labute approximate surface area is 341 Å². The molecular formula is C56H44N2. The van der Waals surface area contributed by atoms with E-state index in [0.29, 0.717) is 0 Å². The van der Waals surface area contributed by atoms with Crippen LogP contribution in [0, 0.1) is 27.7 Å². The molecule has 0 unspecified atom stereocenters. The van der Waals surface area contributed by atoms with Gasteiger partial charge in [-0.2, -0.15) is 0 Å². The molecule has 0 aromatic heterocycles. The predicted octanol–water partition coefficient (Wildman–Crippen LogP) is 16.1. The van der Waals surface area contributed by atoms with Crippen molar-refractivity contribution < 1.29 is 0 Å². The first-order valence-electron chi connectivity index (χ1n) is 20.2. The van der Waals surface area contributed by atoms with Crippen LogP contribution in [0.3, 0.4) is 0 Å². The Morgan fingerprint density at radius 1 is 0.276 bits per heavy atom. The molecule has 0 N–H and O–H groups in total. The maximum atomic E-state index is 2.46. The molecule has 10 rings (SSSR count). The van der Waals surface area contributed by atoms with Gasteiger partial charge in [-0.1, -0.05) is 133 Å². The third kappa shape index (κ3) is 6.15. The van der Waals surface area contributed by atoms with Crippen LogP contribution < -0.4 is 9.80 Å². The molecule has 0 radical (unpaired) electrons. The van der Waals surface area contributed by atoms with Gasteiger partial charge in [0.25, 0.3) is 0 Å². The highest BCUT2D eigenvalue weighted by Crippen LogP contribution is 2.52. The molecule has 0 spiro atoms. The van der Waals surface area contributed by atoms with E-state index in [0.717, 1.165) is 34.1 Å². The normalized spacial score (nSPS) is 11.4. The van der Waals surface area contributed by atoms with Crippen LogP contribution in [0.15, 0.2) is 194 Å². The zero-order chi connectivity index (χ0) is 39.3. The molecular weight excluding hydrogens is 701 g/mol. The highest BCUT2D eigenvalue weighted by Gasteiger charge is 2.26. The third-order valence-corrected chi connectivity index (χ3v) is 11.5. The average molecular weight is 745 g/mol. The summed E-state index contributed by atoms with van der Waals surface area (Å²) in [6, 6.07) is 71.7. The van der Waals surface area contributed by atoms with Crippen molar-refractivity contribution in [3.05, 3.63) is 216 Å². The molecule has 278 valence electrons. The number of benzene rings is 10. The van der Waals surface area contributed by atoms with Gasteiger partial charge in [0.2, 0.25) is 0 Å². The molecule has 0 aliphatic heterocycles. The first-order chi connectivity index (χ1) is 28.4. The van der Waals surface area contributed by atoms with Crippen LogP contribution in [0.2, 0.25) is 0 Å². The monoisotopic (exact) mass is 744 g/mol. The lowest BCUT2D eigenvalue weighted by Crippen LogP contribution is -2.12. The van der Waals surface area contributed by atoms with E-state index in [4.69, 9.17) is 0 Å². The first-order valence-corrected chi connectivity index (χ1v) is 20.2. The van der Waals surface area contributed by atoms with Crippen molar-refractivity contribution in [1.29, 1.82) is 0 Å². The largest absolute Gasteiger partial charge is 0.310 e. The lowest BCUT2D eigenvalue weighted by Gasteiger charge is -2.31. The van der Waals surface area contributed by atoms with Crippen LogP contribution in [-0.4, -0.2) is 0 Å². The summed E-state index contributed by atoms with van der Waals surface area (Å²) in [4.78, 5) is 4.92. The summed E-state index contributed by atoms with van der Waals surface area (Å²) in [5.74, 6) is 0. The fourth-order valence-electron chi connectivity index (χ4n) is 8.96. The van der Waals surface area contributed by atoms with E-state index >= 15 is 0 Å². The Morgan fingerprint density at radius 3 is 0.897 bits per heavy atom. The van der Waals surface area contributed by atoms with Crippen LogP contribution in [-0.2, 0) is 0 Å². The summed E-state index contributed by atoms with van der Waals surface area (Å²) in [5.41, 5.74) is 16.5. The van der Waals surface area contributed by atoms with E-state index in [1.54, 1.807) is 0 Å². The summed E-state index contributed by atoms with van der Waals surface area (Å²) in [6.07, 6.45) is 0. The number of aryl methyl sites for hydroxylation is 4. The van der Waals surface area contributed by atoms with Crippen molar-refractivity contribution in [1.82, 2.24) is 0 Å². The van der Waals surface area contributed by atoms with Crippen LogP contribution in [0.4, 0.5) is 34.1 Å². The maximum Gasteiger partial charge on any atom is 0.0546 e.